The molecule has 0 spiro atoms. The molecule has 9 heteroatoms. The Hall–Kier alpha value is -3.20. The van der Waals surface area contributed by atoms with Gasteiger partial charge in [-0.25, -0.2) is 9.37 Å². The number of halogens is 1. The molecule has 2 N–H and O–H groups in total. The van der Waals surface area contributed by atoms with Gasteiger partial charge in [0.05, 0.1) is 12.8 Å². The number of anilines is 2. The number of rotatable bonds is 9. The standard InChI is InChI=1S/C21H21FN4O3S/c22-14-3-5-16(6-4-14)24-21-25-18(13-30-21)20(28)26(12-17-2-1-11-29-17)10-9-19(27)23-15-7-8-15/h1-6,11,13,15H,7-10,12H2,(H,23,27)(H,24,25). The van der Waals surface area contributed by atoms with Crippen molar-refractivity contribution in [3.63, 3.8) is 0 Å². The highest BCUT2D eigenvalue weighted by atomic mass is 32.1. The van der Waals surface area contributed by atoms with Crippen LogP contribution in [-0.4, -0.2) is 34.3 Å². The molecule has 0 aliphatic heterocycles. The van der Waals surface area contributed by atoms with E-state index in [9.17, 15) is 14.0 Å². The van der Waals surface area contributed by atoms with Crippen molar-refractivity contribution in [1.29, 1.82) is 0 Å². The highest BCUT2D eigenvalue weighted by Gasteiger charge is 2.25. The van der Waals surface area contributed by atoms with Crippen molar-refractivity contribution < 1.29 is 18.4 Å². The minimum absolute atomic E-state index is 0.0633. The number of nitrogens with zero attached hydrogens (tertiary/aromatic N) is 2. The van der Waals surface area contributed by atoms with E-state index in [1.165, 1.54) is 23.5 Å². The molecule has 7 nitrogen and oxygen atoms in total. The maximum absolute atomic E-state index is 13.1. The first kappa shape index (κ1) is 20.1. The molecule has 3 aromatic rings. The lowest BCUT2D eigenvalue weighted by Crippen LogP contribution is -2.35. The maximum Gasteiger partial charge on any atom is 0.273 e. The molecule has 1 aliphatic rings. The van der Waals surface area contributed by atoms with Gasteiger partial charge in [-0.15, -0.1) is 11.3 Å². The molecule has 0 bridgehead atoms. The number of nitrogens with one attached hydrogen (secondary N) is 2. The summed E-state index contributed by atoms with van der Waals surface area (Å²) in [5, 5.41) is 8.17. The van der Waals surface area contributed by atoms with Gasteiger partial charge in [0, 0.05) is 30.1 Å². The first-order chi connectivity index (χ1) is 14.6. The molecule has 0 radical (unpaired) electrons. The zero-order chi connectivity index (χ0) is 20.9. The number of aromatic nitrogens is 1. The molecule has 1 aliphatic carbocycles. The van der Waals surface area contributed by atoms with Crippen LogP contribution in [-0.2, 0) is 11.3 Å². The molecular formula is C21H21FN4O3S. The van der Waals surface area contributed by atoms with Crippen LogP contribution in [0.2, 0.25) is 0 Å². The Bertz CT molecular complexity index is 1000. The Labute approximate surface area is 176 Å². The smallest absolute Gasteiger partial charge is 0.273 e. The van der Waals surface area contributed by atoms with Crippen LogP contribution < -0.4 is 10.6 Å². The van der Waals surface area contributed by atoms with Crippen LogP contribution in [0.4, 0.5) is 15.2 Å². The number of furan rings is 1. The van der Waals surface area contributed by atoms with Crippen molar-refractivity contribution in [1.82, 2.24) is 15.2 Å². The largest absolute Gasteiger partial charge is 0.467 e. The van der Waals surface area contributed by atoms with Crippen LogP contribution in [0.3, 0.4) is 0 Å². The van der Waals surface area contributed by atoms with Gasteiger partial charge in [-0.05, 0) is 49.2 Å². The Balaban J connectivity index is 1.42. The summed E-state index contributed by atoms with van der Waals surface area (Å²) in [6, 6.07) is 9.71. The fourth-order valence-corrected chi connectivity index (χ4v) is 3.56. The highest BCUT2D eigenvalue weighted by Crippen LogP contribution is 2.23. The van der Waals surface area contributed by atoms with Gasteiger partial charge in [0.25, 0.3) is 5.91 Å². The number of hydrogen-bond acceptors (Lipinski definition) is 6. The third kappa shape index (κ3) is 5.44. The van der Waals surface area contributed by atoms with E-state index in [4.69, 9.17) is 4.42 Å². The van der Waals surface area contributed by atoms with Crippen LogP contribution in [0.25, 0.3) is 0 Å². The molecule has 2 amide bonds. The lowest BCUT2D eigenvalue weighted by atomic mass is 10.3. The second kappa shape index (κ2) is 9.08. The zero-order valence-electron chi connectivity index (χ0n) is 16.1. The first-order valence-corrected chi connectivity index (χ1v) is 10.5. The van der Waals surface area contributed by atoms with E-state index in [2.05, 4.69) is 15.6 Å². The van der Waals surface area contributed by atoms with E-state index < -0.39 is 0 Å². The zero-order valence-corrected chi connectivity index (χ0v) is 17.0. The maximum atomic E-state index is 13.1. The quantitative estimate of drug-likeness (QED) is 0.539. The Morgan fingerprint density at radius 1 is 1.23 bits per heavy atom. The van der Waals surface area contributed by atoms with E-state index in [1.807, 2.05) is 0 Å². The fraction of sp³-hybridized carbons (Fsp3) is 0.286. The molecule has 4 rings (SSSR count). The van der Waals surface area contributed by atoms with Crippen LogP contribution in [0, 0.1) is 5.82 Å². The summed E-state index contributed by atoms with van der Waals surface area (Å²) in [4.78, 5) is 31.0. The molecule has 1 aromatic carbocycles. The minimum atomic E-state index is -0.324. The van der Waals surface area contributed by atoms with Crippen LogP contribution in [0.15, 0.2) is 52.5 Å². The van der Waals surface area contributed by atoms with Crippen molar-refractivity contribution in [2.45, 2.75) is 31.8 Å². The Morgan fingerprint density at radius 3 is 2.73 bits per heavy atom. The summed E-state index contributed by atoms with van der Waals surface area (Å²) in [7, 11) is 0. The summed E-state index contributed by atoms with van der Waals surface area (Å²) in [6.45, 7) is 0.511. The van der Waals surface area contributed by atoms with E-state index in [0.717, 1.165) is 12.8 Å². The average Bonchev–Trinajstić information content (AvgIpc) is 3.19. The number of hydrogen-bond donors (Lipinski definition) is 2. The monoisotopic (exact) mass is 428 g/mol. The molecular weight excluding hydrogens is 407 g/mol. The van der Waals surface area contributed by atoms with Gasteiger partial charge in [0.2, 0.25) is 5.91 Å². The fourth-order valence-electron chi connectivity index (χ4n) is 2.86. The molecule has 1 saturated carbocycles. The van der Waals surface area contributed by atoms with Gasteiger partial charge in [-0.3, -0.25) is 9.59 Å². The summed E-state index contributed by atoms with van der Waals surface area (Å²) in [5.41, 5.74) is 0.952. The molecule has 2 heterocycles. The molecule has 1 fully saturated rings. The Kier molecular flexibility index (Phi) is 6.08. The predicted molar refractivity (Wildman–Crippen MR) is 111 cm³/mol. The Morgan fingerprint density at radius 2 is 2.03 bits per heavy atom. The van der Waals surface area contributed by atoms with Crippen molar-refractivity contribution >= 4 is 34.0 Å². The molecule has 30 heavy (non-hydrogen) atoms. The van der Waals surface area contributed by atoms with E-state index in [1.54, 1.807) is 40.8 Å². The number of thiazole rings is 1. The molecule has 2 aromatic heterocycles. The summed E-state index contributed by atoms with van der Waals surface area (Å²) in [5.74, 6) is -0.0404. The molecule has 0 saturated heterocycles. The van der Waals surface area contributed by atoms with E-state index >= 15 is 0 Å². The van der Waals surface area contributed by atoms with Gasteiger partial charge in [-0.1, -0.05) is 0 Å². The third-order valence-electron chi connectivity index (χ3n) is 4.58. The second-order valence-electron chi connectivity index (χ2n) is 7.07. The summed E-state index contributed by atoms with van der Waals surface area (Å²) >= 11 is 1.28. The highest BCUT2D eigenvalue weighted by molar-refractivity contribution is 7.14. The summed E-state index contributed by atoms with van der Waals surface area (Å²) in [6.07, 6.45) is 3.80. The van der Waals surface area contributed by atoms with Gasteiger partial charge < -0.3 is 20.0 Å². The van der Waals surface area contributed by atoms with Crippen molar-refractivity contribution in [3.05, 3.63) is 65.3 Å². The molecule has 0 unspecified atom stereocenters. The van der Waals surface area contributed by atoms with Crippen LogP contribution in [0.1, 0.15) is 35.5 Å². The minimum Gasteiger partial charge on any atom is -0.467 e. The van der Waals surface area contributed by atoms with Crippen molar-refractivity contribution in [2.24, 2.45) is 0 Å². The van der Waals surface area contributed by atoms with Crippen molar-refractivity contribution in [3.8, 4) is 0 Å². The lowest BCUT2D eigenvalue weighted by Gasteiger charge is -2.20. The average molecular weight is 428 g/mol. The molecule has 0 atom stereocenters. The predicted octanol–water partition coefficient (Wildman–Crippen LogP) is 3.93. The van der Waals surface area contributed by atoms with Crippen LogP contribution >= 0.6 is 11.3 Å². The van der Waals surface area contributed by atoms with Gasteiger partial charge in [0.1, 0.15) is 17.3 Å². The van der Waals surface area contributed by atoms with E-state index in [0.29, 0.717) is 16.6 Å². The number of carbonyl (C=O) groups excluding carboxylic acids is 2. The number of benzene rings is 1. The molecule has 156 valence electrons. The first-order valence-electron chi connectivity index (χ1n) is 9.66. The third-order valence-corrected chi connectivity index (χ3v) is 5.34. The van der Waals surface area contributed by atoms with Gasteiger partial charge in [0.15, 0.2) is 5.13 Å². The topological polar surface area (TPSA) is 87.5 Å². The van der Waals surface area contributed by atoms with Crippen molar-refractivity contribution in [2.75, 3.05) is 11.9 Å². The van der Waals surface area contributed by atoms with Crippen LogP contribution in [0.5, 0.6) is 0 Å². The number of amides is 2. The second-order valence-corrected chi connectivity index (χ2v) is 7.93. The van der Waals surface area contributed by atoms with Gasteiger partial charge in [-0.2, -0.15) is 0 Å². The normalized spacial score (nSPS) is 13.1. The number of carbonyl (C=O) groups is 2. The lowest BCUT2D eigenvalue weighted by molar-refractivity contribution is -0.121. The summed E-state index contributed by atoms with van der Waals surface area (Å²) < 4.78 is 18.4. The van der Waals surface area contributed by atoms with E-state index in [-0.39, 0.29) is 48.9 Å². The SMILES string of the molecule is O=C(CCN(Cc1ccco1)C(=O)c1csc(Nc2ccc(F)cc2)n1)NC1CC1. The van der Waals surface area contributed by atoms with Gasteiger partial charge >= 0.3 is 0 Å².